The molecule has 11 heavy (non-hydrogen) atoms. The van der Waals surface area contributed by atoms with Gasteiger partial charge in [0.1, 0.15) is 0 Å². The van der Waals surface area contributed by atoms with Crippen molar-refractivity contribution in [2.75, 3.05) is 0 Å². The fourth-order valence-corrected chi connectivity index (χ4v) is 1.12. The highest BCUT2D eigenvalue weighted by Gasteiger charge is 1.93. The molecule has 0 N–H and O–H groups in total. The zero-order valence-electron chi connectivity index (χ0n) is 8.27. The lowest BCUT2D eigenvalue weighted by Crippen LogP contribution is -1.88. The first kappa shape index (κ1) is 10.7. The van der Waals surface area contributed by atoms with Crippen LogP contribution in [0.2, 0.25) is 0 Å². The number of rotatable bonds is 6. The molecule has 0 saturated heterocycles. The molecule has 1 unspecified atom stereocenters. The van der Waals surface area contributed by atoms with Gasteiger partial charge in [-0.2, -0.15) is 0 Å². The van der Waals surface area contributed by atoms with Crippen molar-refractivity contribution >= 4 is 0 Å². The Bertz CT molecular complexity index is 92.2. The van der Waals surface area contributed by atoms with E-state index in [0.29, 0.717) is 0 Å². The van der Waals surface area contributed by atoms with Crippen LogP contribution in [-0.2, 0) is 0 Å². The fraction of sp³-hybridized carbons (Fsp3) is 0.818. The average molecular weight is 154 g/mol. The molecular weight excluding hydrogens is 132 g/mol. The van der Waals surface area contributed by atoms with Gasteiger partial charge in [0.05, 0.1) is 0 Å². The molecular formula is C11H22. The van der Waals surface area contributed by atoms with Crippen LogP contribution in [0.3, 0.4) is 0 Å². The summed E-state index contributed by atoms with van der Waals surface area (Å²) in [6, 6.07) is 0. The Balaban J connectivity index is 3.27. The van der Waals surface area contributed by atoms with E-state index in [1.807, 2.05) is 0 Å². The predicted molar refractivity (Wildman–Crippen MR) is 52.7 cm³/mol. The molecule has 0 aliphatic carbocycles. The maximum atomic E-state index is 2.36. The van der Waals surface area contributed by atoms with Crippen molar-refractivity contribution in [1.29, 1.82) is 0 Å². The van der Waals surface area contributed by atoms with E-state index in [2.05, 4.69) is 32.9 Å². The lowest BCUT2D eigenvalue weighted by Gasteiger charge is -2.03. The van der Waals surface area contributed by atoms with Gasteiger partial charge in [0, 0.05) is 0 Å². The molecule has 0 amide bonds. The van der Waals surface area contributed by atoms with Gasteiger partial charge in [-0.25, -0.2) is 0 Å². The van der Waals surface area contributed by atoms with Crippen LogP contribution in [0, 0.1) is 5.92 Å². The van der Waals surface area contributed by atoms with Gasteiger partial charge in [-0.05, 0) is 18.8 Å². The molecule has 0 bridgehead atoms. The molecule has 0 nitrogen and oxygen atoms in total. The van der Waals surface area contributed by atoms with Gasteiger partial charge < -0.3 is 0 Å². The highest BCUT2D eigenvalue weighted by atomic mass is 14.0. The standard InChI is InChI=1S/C11H22/c1-4-6-8-10-11(3)9-7-5-2/h8,10-11H,4-7,9H2,1-3H3/b10-8+. The normalized spacial score (nSPS) is 14.1. The predicted octanol–water partition coefficient (Wildman–Crippen LogP) is 4.17. The van der Waals surface area contributed by atoms with Crippen molar-refractivity contribution in [3.63, 3.8) is 0 Å². The minimum absolute atomic E-state index is 0.793. The van der Waals surface area contributed by atoms with Crippen LogP contribution in [0.4, 0.5) is 0 Å². The number of hydrogen-bond acceptors (Lipinski definition) is 0. The van der Waals surface area contributed by atoms with Crippen LogP contribution >= 0.6 is 0 Å². The van der Waals surface area contributed by atoms with E-state index in [9.17, 15) is 0 Å². The molecule has 0 saturated carbocycles. The minimum Gasteiger partial charge on any atom is -0.0883 e. The second kappa shape index (κ2) is 7.84. The summed E-state index contributed by atoms with van der Waals surface area (Å²) in [5.74, 6) is 0.793. The van der Waals surface area contributed by atoms with Crippen molar-refractivity contribution in [2.45, 2.75) is 52.9 Å². The largest absolute Gasteiger partial charge is 0.0883 e. The van der Waals surface area contributed by atoms with Gasteiger partial charge in [-0.15, -0.1) is 0 Å². The topological polar surface area (TPSA) is 0 Å². The molecule has 0 aliphatic rings. The molecule has 0 rings (SSSR count). The second-order valence-corrected chi connectivity index (χ2v) is 3.34. The highest BCUT2D eigenvalue weighted by Crippen LogP contribution is 2.09. The van der Waals surface area contributed by atoms with Gasteiger partial charge in [0.15, 0.2) is 0 Å². The molecule has 0 aromatic rings. The molecule has 0 heteroatoms. The van der Waals surface area contributed by atoms with Crippen LogP contribution in [0.15, 0.2) is 12.2 Å². The first-order chi connectivity index (χ1) is 5.31. The van der Waals surface area contributed by atoms with Crippen molar-refractivity contribution in [2.24, 2.45) is 5.92 Å². The summed E-state index contributed by atoms with van der Waals surface area (Å²) < 4.78 is 0. The van der Waals surface area contributed by atoms with Crippen molar-refractivity contribution in [1.82, 2.24) is 0 Å². The summed E-state index contributed by atoms with van der Waals surface area (Å²) in [7, 11) is 0. The summed E-state index contributed by atoms with van der Waals surface area (Å²) >= 11 is 0. The van der Waals surface area contributed by atoms with E-state index in [0.717, 1.165) is 5.92 Å². The maximum absolute atomic E-state index is 2.36. The zero-order valence-corrected chi connectivity index (χ0v) is 8.27. The Morgan fingerprint density at radius 1 is 1.18 bits per heavy atom. The molecule has 0 fully saturated rings. The summed E-state index contributed by atoms with van der Waals surface area (Å²) in [6.07, 6.45) is 11.3. The molecule has 0 spiro atoms. The van der Waals surface area contributed by atoms with E-state index in [4.69, 9.17) is 0 Å². The zero-order chi connectivity index (χ0) is 8.53. The maximum Gasteiger partial charge on any atom is -0.0262 e. The van der Waals surface area contributed by atoms with Crippen LogP contribution in [0.25, 0.3) is 0 Å². The van der Waals surface area contributed by atoms with E-state index in [1.54, 1.807) is 0 Å². The Morgan fingerprint density at radius 2 is 1.91 bits per heavy atom. The Labute approximate surface area is 71.7 Å². The first-order valence-electron chi connectivity index (χ1n) is 4.97. The quantitative estimate of drug-likeness (QED) is 0.504. The second-order valence-electron chi connectivity index (χ2n) is 3.34. The van der Waals surface area contributed by atoms with Crippen LogP contribution in [-0.4, -0.2) is 0 Å². The van der Waals surface area contributed by atoms with E-state index in [-0.39, 0.29) is 0 Å². The number of unbranched alkanes of at least 4 members (excludes halogenated alkanes) is 2. The van der Waals surface area contributed by atoms with Gasteiger partial charge in [0.25, 0.3) is 0 Å². The summed E-state index contributed by atoms with van der Waals surface area (Å²) in [6.45, 7) is 6.78. The van der Waals surface area contributed by atoms with Crippen molar-refractivity contribution in [3.05, 3.63) is 12.2 Å². The van der Waals surface area contributed by atoms with Gasteiger partial charge in [-0.1, -0.05) is 52.2 Å². The number of hydrogen-bond donors (Lipinski definition) is 0. The van der Waals surface area contributed by atoms with E-state index < -0.39 is 0 Å². The Kier molecular flexibility index (Phi) is 7.66. The lowest BCUT2D eigenvalue weighted by molar-refractivity contribution is 0.596. The smallest absolute Gasteiger partial charge is 0.0262 e. The molecule has 0 aliphatic heterocycles. The van der Waals surface area contributed by atoms with Crippen LogP contribution in [0.5, 0.6) is 0 Å². The molecule has 0 heterocycles. The molecule has 0 aromatic carbocycles. The molecule has 0 radical (unpaired) electrons. The summed E-state index contributed by atoms with van der Waals surface area (Å²) in [5.41, 5.74) is 0. The number of allylic oxidation sites excluding steroid dienone is 2. The highest BCUT2D eigenvalue weighted by molar-refractivity contribution is 4.85. The van der Waals surface area contributed by atoms with Crippen LogP contribution < -0.4 is 0 Å². The summed E-state index contributed by atoms with van der Waals surface area (Å²) in [5, 5.41) is 0. The van der Waals surface area contributed by atoms with Crippen molar-refractivity contribution in [3.8, 4) is 0 Å². The Hall–Kier alpha value is -0.260. The average Bonchev–Trinajstić information content (AvgIpc) is 2.01. The van der Waals surface area contributed by atoms with E-state index >= 15 is 0 Å². The fourth-order valence-electron chi connectivity index (χ4n) is 1.12. The third kappa shape index (κ3) is 7.64. The third-order valence-corrected chi connectivity index (χ3v) is 1.93. The van der Waals surface area contributed by atoms with E-state index in [1.165, 1.54) is 32.1 Å². The van der Waals surface area contributed by atoms with Gasteiger partial charge in [-0.3, -0.25) is 0 Å². The monoisotopic (exact) mass is 154 g/mol. The SMILES string of the molecule is CCC/C=C/C(C)CCCC. The van der Waals surface area contributed by atoms with Crippen LogP contribution in [0.1, 0.15) is 52.9 Å². The van der Waals surface area contributed by atoms with Gasteiger partial charge >= 0.3 is 0 Å². The Morgan fingerprint density at radius 3 is 2.45 bits per heavy atom. The summed E-state index contributed by atoms with van der Waals surface area (Å²) in [4.78, 5) is 0. The van der Waals surface area contributed by atoms with Gasteiger partial charge in [0.2, 0.25) is 0 Å². The van der Waals surface area contributed by atoms with Crippen molar-refractivity contribution < 1.29 is 0 Å². The molecule has 1 atom stereocenters. The molecule has 66 valence electrons. The first-order valence-corrected chi connectivity index (χ1v) is 4.97. The minimum atomic E-state index is 0.793. The third-order valence-electron chi connectivity index (χ3n) is 1.93. The molecule has 0 aromatic heterocycles. The lowest BCUT2D eigenvalue weighted by atomic mass is 10.0.